The van der Waals surface area contributed by atoms with Gasteiger partial charge in [-0.15, -0.1) is 22.0 Å². The van der Waals surface area contributed by atoms with Crippen LogP contribution in [-0.4, -0.2) is 54.7 Å². The third-order valence-electron chi connectivity index (χ3n) is 5.28. The zero-order chi connectivity index (χ0) is 22.6. The van der Waals surface area contributed by atoms with Gasteiger partial charge in [0.2, 0.25) is 15.9 Å². The summed E-state index contributed by atoms with van der Waals surface area (Å²) in [7, 11) is -3.48. The fraction of sp³-hybridized carbons (Fsp3) is 0.318. The van der Waals surface area contributed by atoms with Gasteiger partial charge in [-0.05, 0) is 67.5 Å². The van der Waals surface area contributed by atoms with Gasteiger partial charge in [0.1, 0.15) is 0 Å². The molecule has 0 atom stereocenters. The third kappa shape index (κ3) is 5.03. The smallest absolute Gasteiger partial charge is 0.308 e. The highest BCUT2D eigenvalue weighted by Crippen LogP contribution is 2.24. The Hall–Kier alpha value is -2.69. The molecule has 0 aliphatic carbocycles. The summed E-state index contributed by atoms with van der Waals surface area (Å²) < 4.78 is 32.2. The maximum atomic E-state index is 12.6. The molecule has 1 amide bonds. The summed E-state index contributed by atoms with van der Waals surface area (Å²) in [5.41, 5.74) is 1.67. The second-order valence-corrected chi connectivity index (χ2v) is 10.2. The molecular formula is C22H24N4O4S2. The average Bonchev–Trinajstić information content (AvgIpc) is 3.52. The first-order valence-corrected chi connectivity index (χ1v) is 13.0. The summed E-state index contributed by atoms with van der Waals surface area (Å²) in [6, 6.07) is 14.4. The molecule has 1 aromatic heterocycles. The van der Waals surface area contributed by atoms with Crippen molar-refractivity contribution in [1.29, 1.82) is 0 Å². The first kappa shape index (κ1) is 22.5. The molecule has 2 heterocycles. The van der Waals surface area contributed by atoms with E-state index in [4.69, 9.17) is 4.42 Å². The molecule has 10 heteroatoms. The summed E-state index contributed by atoms with van der Waals surface area (Å²) in [4.78, 5) is 13.7. The van der Waals surface area contributed by atoms with E-state index in [0.29, 0.717) is 31.6 Å². The molecule has 168 valence electrons. The molecule has 0 bridgehead atoms. The summed E-state index contributed by atoms with van der Waals surface area (Å²) >= 11 is 1.68. The number of nitrogens with zero attached hydrogens (tertiary/aromatic N) is 3. The van der Waals surface area contributed by atoms with Crippen LogP contribution >= 0.6 is 11.8 Å². The van der Waals surface area contributed by atoms with Crippen molar-refractivity contribution in [2.24, 2.45) is 0 Å². The highest BCUT2D eigenvalue weighted by Gasteiger charge is 2.27. The van der Waals surface area contributed by atoms with Gasteiger partial charge in [0.05, 0.1) is 4.90 Å². The van der Waals surface area contributed by atoms with E-state index in [9.17, 15) is 13.2 Å². The number of benzene rings is 2. The van der Waals surface area contributed by atoms with Crippen LogP contribution in [0.4, 0.5) is 0 Å². The zero-order valence-electron chi connectivity index (χ0n) is 17.7. The van der Waals surface area contributed by atoms with Crippen molar-refractivity contribution in [1.82, 2.24) is 19.8 Å². The van der Waals surface area contributed by atoms with Gasteiger partial charge in [-0.1, -0.05) is 12.1 Å². The molecule has 1 aliphatic rings. The summed E-state index contributed by atoms with van der Waals surface area (Å²) in [5, 5.41) is 10.5. The molecule has 3 aromatic rings. The first-order valence-electron chi connectivity index (χ1n) is 10.3. The molecule has 1 N–H and O–H groups in total. The van der Waals surface area contributed by atoms with Crippen LogP contribution in [0, 0.1) is 0 Å². The Morgan fingerprint density at radius 3 is 2.41 bits per heavy atom. The van der Waals surface area contributed by atoms with E-state index in [1.165, 1.54) is 21.3 Å². The lowest BCUT2D eigenvalue weighted by atomic mass is 10.1. The third-order valence-corrected chi connectivity index (χ3v) is 7.94. The van der Waals surface area contributed by atoms with Crippen molar-refractivity contribution in [3.05, 3.63) is 60.0 Å². The molecule has 8 nitrogen and oxygen atoms in total. The fourth-order valence-corrected chi connectivity index (χ4v) is 5.39. The van der Waals surface area contributed by atoms with Crippen LogP contribution < -0.4 is 5.32 Å². The lowest BCUT2D eigenvalue weighted by molar-refractivity contribution is 0.0920. The zero-order valence-corrected chi connectivity index (χ0v) is 19.3. The highest BCUT2D eigenvalue weighted by atomic mass is 32.2. The predicted molar refractivity (Wildman–Crippen MR) is 122 cm³/mol. The van der Waals surface area contributed by atoms with Crippen LogP contribution in [-0.2, 0) is 16.4 Å². The quantitative estimate of drug-likeness (QED) is 0.502. The number of amides is 1. The first-order chi connectivity index (χ1) is 15.5. The van der Waals surface area contributed by atoms with E-state index in [1.807, 2.05) is 30.5 Å². The normalized spacial score (nSPS) is 14.5. The Morgan fingerprint density at radius 2 is 1.75 bits per heavy atom. The second-order valence-electron chi connectivity index (χ2n) is 7.40. The van der Waals surface area contributed by atoms with E-state index < -0.39 is 15.9 Å². The van der Waals surface area contributed by atoms with Crippen molar-refractivity contribution >= 4 is 27.7 Å². The van der Waals surface area contributed by atoms with Crippen molar-refractivity contribution in [3.63, 3.8) is 0 Å². The molecule has 32 heavy (non-hydrogen) atoms. The molecule has 1 saturated heterocycles. The summed E-state index contributed by atoms with van der Waals surface area (Å²) in [6.45, 7) is 1.54. The second kappa shape index (κ2) is 9.85. The standard InChI is InChI=1S/C22H24N4O4S2/c1-31-18-8-4-16(5-9-18)12-13-23-20(27)22-25-24-21(30-22)17-6-10-19(11-7-17)32(28,29)26-14-2-3-15-26/h4-11H,2-3,12-15H2,1H3,(H,23,27). The van der Waals surface area contributed by atoms with Crippen LogP contribution in [0.5, 0.6) is 0 Å². The highest BCUT2D eigenvalue weighted by molar-refractivity contribution is 7.98. The van der Waals surface area contributed by atoms with Crippen LogP contribution in [0.25, 0.3) is 11.5 Å². The molecule has 0 unspecified atom stereocenters. The number of carbonyl (C=O) groups is 1. The van der Waals surface area contributed by atoms with Crippen molar-refractivity contribution in [3.8, 4) is 11.5 Å². The van der Waals surface area contributed by atoms with E-state index >= 15 is 0 Å². The number of hydrogen-bond donors (Lipinski definition) is 1. The van der Waals surface area contributed by atoms with Gasteiger partial charge >= 0.3 is 11.8 Å². The Labute approximate surface area is 191 Å². The van der Waals surface area contributed by atoms with Gasteiger partial charge in [0.25, 0.3) is 0 Å². The maximum absolute atomic E-state index is 12.6. The molecule has 1 aliphatic heterocycles. The molecule has 4 rings (SSSR count). The summed E-state index contributed by atoms with van der Waals surface area (Å²) in [5.74, 6) is -0.419. The van der Waals surface area contributed by atoms with Gasteiger partial charge in [-0.3, -0.25) is 4.79 Å². The van der Waals surface area contributed by atoms with Crippen molar-refractivity contribution in [2.75, 3.05) is 25.9 Å². The number of sulfonamides is 1. The van der Waals surface area contributed by atoms with Crippen LogP contribution in [0.2, 0.25) is 0 Å². The average molecular weight is 473 g/mol. The molecular weight excluding hydrogens is 448 g/mol. The van der Waals surface area contributed by atoms with Crippen LogP contribution in [0.3, 0.4) is 0 Å². The largest absolute Gasteiger partial charge is 0.412 e. The Kier molecular flexibility index (Phi) is 6.92. The summed E-state index contributed by atoms with van der Waals surface area (Å²) in [6.07, 6.45) is 4.48. The SMILES string of the molecule is CSc1ccc(CCNC(=O)c2nnc(-c3ccc(S(=O)(=O)N4CCCC4)cc3)o2)cc1. The number of thioether (sulfide) groups is 1. The van der Waals surface area contributed by atoms with Crippen LogP contribution in [0.15, 0.2) is 62.7 Å². The lowest BCUT2D eigenvalue weighted by Crippen LogP contribution is -2.27. The van der Waals surface area contributed by atoms with Gasteiger partial charge in [-0.25, -0.2) is 8.42 Å². The lowest BCUT2D eigenvalue weighted by Gasteiger charge is -2.15. The minimum Gasteiger partial charge on any atom is -0.412 e. The molecule has 0 spiro atoms. The van der Waals surface area contributed by atoms with E-state index in [2.05, 4.69) is 15.5 Å². The molecule has 2 aromatic carbocycles. The minimum absolute atomic E-state index is 0.133. The van der Waals surface area contributed by atoms with Gasteiger partial charge < -0.3 is 9.73 Å². The molecule has 1 fully saturated rings. The Bertz CT molecular complexity index is 1170. The van der Waals surface area contributed by atoms with E-state index in [0.717, 1.165) is 18.4 Å². The fourth-order valence-electron chi connectivity index (χ4n) is 3.47. The topological polar surface area (TPSA) is 105 Å². The maximum Gasteiger partial charge on any atom is 0.308 e. The van der Waals surface area contributed by atoms with Gasteiger partial charge in [-0.2, -0.15) is 4.31 Å². The van der Waals surface area contributed by atoms with Crippen LogP contribution in [0.1, 0.15) is 29.1 Å². The number of carbonyl (C=O) groups excluding carboxylic acids is 1. The monoisotopic (exact) mass is 472 g/mol. The number of rotatable bonds is 8. The Morgan fingerprint density at radius 1 is 1.06 bits per heavy atom. The number of hydrogen-bond acceptors (Lipinski definition) is 7. The van der Waals surface area contributed by atoms with E-state index in [-0.39, 0.29) is 16.7 Å². The Balaban J connectivity index is 1.35. The molecule has 0 saturated carbocycles. The van der Waals surface area contributed by atoms with Crippen molar-refractivity contribution < 1.29 is 17.6 Å². The van der Waals surface area contributed by atoms with Gasteiger partial charge in [0, 0.05) is 30.1 Å². The number of nitrogens with one attached hydrogen (secondary N) is 1. The van der Waals surface area contributed by atoms with Crippen molar-refractivity contribution in [2.45, 2.75) is 29.1 Å². The number of aromatic nitrogens is 2. The predicted octanol–water partition coefficient (Wildman–Crippen LogP) is 3.22. The van der Waals surface area contributed by atoms with E-state index in [1.54, 1.807) is 23.9 Å². The molecule has 0 radical (unpaired) electrons. The minimum atomic E-state index is -3.48. The van der Waals surface area contributed by atoms with Gasteiger partial charge in [0.15, 0.2) is 0 Å².